The normalized spacial score (nSPS) is 20.9. The van der Waals surface area contributed by atoms with Crippen molar-refractivity contribution < 1.29 is 4.79 Å². The first-order chi connectivity index (χ1) is 12.3. The predicted molar refractivity (Wildman–Crippen MR) is 96.1 cm³/mol. The second-order valence-corrected chi connectivity index (χ2v) is 6.96. The van der Waals surface area contributed by atoms with Gasteiger partial charge in [-0.2, -0.15) is 5.10 Å². The van der Waals surface area contributed by atoms with Crippen LogP contribution in [0, 0.1) is 0 Å². The van der Waals surface area contributed by atoms with Crippen molar-refractivity contribution in [3.05, 3.63) is 53.3 Å². The van der Waals surface area contributed by atoms with Gasteiger partial charge >= 0.3 is 0 Å². The van der Waals surface area contributed by atoms with E-state index in [0.29, 0.717) is 5.69 Å². The Bertz CT molecular complexity index is 721. The van der Waals surface area contributed by atoms with Crippen molar-refractivity contribution in [2.24, 2.45) is 0 Å². The summed E-state index contributed by atoms with van der Waals surface area (Å²) in [6, 6.07) is 12.7. The van der Waals surface area contributed by atoms with Crippen LogP contribution in [0.4, 0.5) is 0 Å². The van der Waals surface area contributed by atoms with Gasteiger partial charge in [-0.3, -0.25) is 14.4 Å². The van der Waals surface area contributed by atoms with Crippen molar-refractivity contribution in [2.45, 2.75) is 38.5 Å². The van der Waals surface area contributed by atoms with Crippen LogP contribution in [0.25, 0.3) is 0 Å². The number of amides is 1. The first kappa shape index (κ1) is 16.3. The van der Waals surface area contributed by atoms with E-state index < -0.39 is 0 Å². The largest absolute Gasteiger partial charge is 0.347 e. The number of fused-ring (bicyclic) bond motifs is 1. The van der Waals surface area contributed by atoms with Crippen molar-refractivity contribution in [3.8, 4) is 0 Å². The lowest BCUT2D eigenvalue weighted by atomic mass is 10.2. The summed E-state index contributed by atoms with van der Waals surface area (Å²) in [6.07, 6.45) is 2.04. The Morgan fingerprint density at radius 2 is 2.16 bits per heavy atom. The molecule has 4 rings (SSSR count). The number of aryl methyl sites for hydroxylation is 1. The SMILES string of the molecule is O=C(N[C@H]1CCNC1)c1cc2n(n1)CCCN(Cc1ccccc1)C2. The van der Waals surface area contributed by atoms with Crippen LogP contribution >= 0.6 is 0 Å². The maximum absolute atomic E-state index is 12.4. The van der Waals surface area contributed by atoms with Crippen LogP contribution in [0.3, 0.4) is 0 Å². The minimum Gasteiger partial charge on any atom is -0.347 e. The lowest BCUT2D eigenvalue weighted by molar-refractivity contribution is 0.0934. The number of hydrogen-bond donors (Lipinski definition) is 2. The Morgan fingerprint density at radius 3 is 2.96 bits per heavy atom. The van der Waals surface area contributed by atoms with Crippen LogP contribution in [-0.4, -0.2) is 46.3 Å². The first-order valence-corrected chi connectivity index (χ1v) is 9.12. The van der Waals surface area contributed by atoms with E-state index in [1.165, 1.54) is 5.56 Å². The molecule has 0 radical (unpaired) electrons. The maximum Gasteiger partial charge on any atom is 0.272 e. The smallest absolute Gasteiger partial charge is 0.272 e. The molecule has 1 atom stereocenters. The van der Waals surface area contributed by atoms with Crippen molar-refractivity contribution >= 4 is 5.91 Å². The van der Waals surface area contributed by atoms with E-state index in [0.717, 1.165) is 57.8 Å². The van der Waals surface area contributed by atoms with E-state index in [1.54, 1.807) is 0 Å². The summed E-state index contributed by atoms with van der Waals surface area (Å²) >= 11 is 0. The third kappa shape index (κ3) is 3.91. The highest BCUT2D eigenvalue weighted by Crippen LogP contribution is 2.16. The second-order valence-electron chi connectivity index (χ2n) is 6.96. The molecule has 3 heterocycles. The third-order valence-corrected chi connectivity index (χ3v) is 4.97. The Labute approximate surface area is 148 Å². The number of nitrogens with one attached hydrogen (secondary N) is 2. The van der Waals surface area contributed by atoms with E-state index >= 15 is 0 Å². The maximum atomic E-state index is 12.4. The van der Waals surface area contributed by atoms with Crippen molar-refractivity contribution in [3.63, 3.8) is 0 Å². The fraction of sp³-hybridized carbons (Fsp3) is 0.474. The molecule has 0 bridgehead atoms. The summed E-state index contributed by atoms with van der Waals surface area (Å²) in [6.45, 7) is 5.51. The minimum absolute atomic E-state index is 0.0520. The highest BCUT2D eigenvalue weighted by Gasteiger charge is 2.22. The van der Waals surface area contributed by atoms with Crippen LogP contribution in [-0.2, 0) is 19.6 Å². The standard InChI is InChI=1S/C19H25N5O/c25-19(21-16-7-8-20-12-16)18-11-17-14-23(9-4-10-24(17)22-18)13-15-5-2-1-3-6-15/h1-3,5-6,11,16,20H,4,7-10,12-14H2,(H,21,25)/t16-/m0/s1. The molecule has 2 aliphatic rings. The molecular weight excluding hydrogens is 314 g/mol. The minimum atomic E-state index is -0.0520. The summed E-state index contributed by atoms with van der Waals surface area (Å²) < 4.78 is 2.01. The number of aromatic nitrogens is 2. The van der Waals surface area contributed by atoms with E-state index in [-0.39, 0.29) is 11.9 Å². The zero-order valence-corrected chi connectivity index (χ0v) is 14.4. The molecule has 1 fully saturated rings. The van der Waals surface area contributed by atoms with Crippen LogP contribution in [0.5, 0.6) is 0 Å². The molecule has 2 aliphatic heterocycles. The summed E-state index contributed by atoms with van der Waals surface area (Å²) in [5.74, 6) is -0.0520. The molecule has 6 nitrogen and oxygen atoms in total. The average Bonchev–Trinajstić information content (AvgIpc) is 3.23. The number of carbonyl (C=O) groups is 1. The molecule has 1 amide bonds. The van der Waals surface area contributed by atoms with Gasteiger partial charge in [0.2, 0.25) is 0 Å². The van der Waals surface area contributed by atoms with Crippen LogP contribution in [0.1, 0.15) is 34.6 Å². The van der Waals surface area contributed by atoms with Gasteiger partial charge in [-0.25, -0.2) is 0 Å². The molecule has 2 N–H and O–H groups in total. The van der Waals surface area contributed by atoms with E-state index in [1.807, 2.05) is 16.8 Å². The summed E-state index contributed by atoms with van der Waals surface area (Å²) in [7, 11) is 0. The molecule has 1 aromatic carbocycles. The molecule has 132 valence electrons. The van der Waals surface area contributed by atoms with Gasteiger partial charge in [-0.05, 0) is 31.0 Å². The fourth-order valence-corrected chi connectivity index (χ4v) is 3.65. The predicted octanol–water partition coefficient (Wildman–Crippen LogP) is 1.38. The van der Waals surface area contributed by atoms with Gasteiger partial charge in [0.1, 0.15) is 0 Å². The Morgan fingerprint density at radius 1 is 1.28 bits per heavy atom. The Hall–Kier alpha value is -2.18. The number of nitrogens with zero attached hydrogens (tertiary/aromatic N) is 3. The highest BCUT2D eigenvalue weighted by atomic mass is 16.2. The average molecular weight is 339 g/mol. The highest BCUT2D eigenvalue weighted by molar-refractivity contribution is 5.92. The molecule has 1 aromatic heterocycles. The van der Waals surface area contributed by atoms with E-state index in [2.05, 4.69) is 44.9 Å². The van der Waals surface area contributed by atoms with Crippen LogP contribution in [0.2, 0.25) is 0 Å². The number of hydrogen-bond acceptors (Lipinski definition) is 4. The van der Waals surface area contributed by atoms with Crippen molar-refractivity contribution in [1.82, 2.24) is 25.3 Å². The quantitative estimate of drug-likeness (QED) is 0.883. The lowest BCUT2D eigenvalue weighted by Gasteiger charge is -2.19. The Balaban J connectivity index is 1.44. The molecule has 1 saturated heterocycles. The zero-order valence-electron chi connectivity index (χ0n) is 14.4. The summed E-state index contributed by atoms with van der Waals surface area (Å²) in [5, 5.41) is 10.9. The monoisotopic (exact) mass is 339 g/mol. The van der Waals surface area contributed by atoms with Crippen molar-refractivity contribution in [1.29, 1.82) is 0 Å². The van der Waals surface area contributed by atoms with Gasteiger partial charge < -0.3 is 10.6 Å². The van der Waals surface area contributed by atoms with E-state index in [9.17, 15) is 4.79 Å². The van der Waals surface area contributed by atoms with Crippen LogP contribution < -0.4 is 10.6 Å². The number of benzene rings is 1. The van der Waals surface area contributed by atoms with Gasteiger partial charge in [0, 0.05) is 38.8 Å². The molecule has 25 heavy (non-hydrogen) atoms. The van der Waals surface area contributed by atoms with Crippen molar-refractivity contribution in [2.75, 3.05) is 19.6 Å². The molecule has 6 heteroatoms. The first-order valence-electron chi connectivity index (χ1n) is 9.12. The van der Waals surface area contributed by atoms with Gasteiger partial charge in [-0.15, -0.1) is 0 Å². The van der Waals surface area contributed by atoms with Gasteiger partial charge in [0.05, 0.1) is 5.69 Å². The fourth-order valence-electron chi connectivity index (χ4n) is 3.65. The summed E-state index contributed by atoms with van der Waals surface area (Å²) in [4.78, 5) is 14.9. The summed E-state index contributed by atoms with van der Waals surface area (Å²) in [5.41, 5.74) is 2.99. The van der Waals surface area contributed by atoms with E-state index in [4.69, 9.17) is 0 Å². The molecule has 0 spiro atoms. The lowest BCUT2D eigenvalue weighted by Crippen LogP contribution is -2.36. The molecule has 0 aliphatic carbocycles. The molecule has 2 aromatic rings. The van der Waals surface area contributed by atoms with Crippen LogP contribution in [0.15, 0.2) is 36.4 Å². The topological polar surface area (TPSA) is 62.2 Å². The van der Waals surface area contributed by atoms with Gasteiger partial charge in [0.25, 0.3) is 5.91 Å². The van der Waals surface area contributed by atoms with Gasteiger partial charge in [0.15, 0.2) is 5.69 Å². The second kappa shape index (κ2) is 7.37. The zero-order chi connectivity index (χ0) is 17.1. The number of carbonyl (C=O) groups excluding carboxylic acids is 1. The Kier molecular flexibility index (Phi) is 4.81. The molecule has 0 saturated carbocycles. The molecular formula is C19H25N5O. The molecule has 0 unspecified atom stereocenters. The van der Waals surface area contributed by atoms with Gasteiger partial charge in [-0.1, -0.05) is 30.3 Å². The number of rotatable bonds is 4. The third-order valence-electron chi connectivity index (χ3n) is 4.97.